The number of halogens is 3. The normalized spacial score (nSPS) is 17.6. The molecule has 7 rings (SSSR count). The number of benzene rings is 2. The third kappa shape index (κ3) is 4.74. The number of nitrogens with zero attached hydrogens (tertiary/aromatic N) is 6. The summed E-state index contributed by atoms with van der Waals surface area (Å²) >= 11 is 1.25. The van der Waals surface area contributed by atoms with Gasteiger partial charge in [0.15, 0.2) is 11.2 Å². The number of alkyl halides is 1. The second-order valence-corrected chi connectivity index (χ2v) is 10.9. The summed E-state index contributed by atoms with van der Waals surface area (Å²) in [6.45, 7) is 2.41. The zero-order valence-corrected chi connectivity index (χ0v) is 22.5. The van der Waals surface area contributed by atoms with Gasteiger partial charge in [-0.3, -0.25) is 14.8 Å². The molecule has 1 unspecified atom stereocenters. The molecular weight excluding hydrogens is 555 g/mol. The number of rotatable bonds is 6. The number of anilines is 2. The Kier molecular flexibility index (Phi) is 6.47. The van der Waals surface area contributed by atoms with Crippen molar-refractivity contribution in [2.24, 2.45) is 0 Å². The number of carbonyl (C=O) groups excluding carboxylic acids is 1. The molecule has 41 heavy (non-hydrogen) atoms. The predicted octanol–water partition coefficient (Wildman–Crippen LogP) is 4.59. The first-order valence-electron chi connectivity index (χ1n) is 13.1. The lowest BCUT2D eigenvalue weighted by atomic mass is 10.0. The first-order valence-corrected chi connectivity index (χ1v) is 14.0. The molecule has 1 fully saturated rings. The second-order valence-electron chi connectivity index (χ2n) is 10.0. The van der Waals surface area contributed by atoms with Crippen LogP contribution in [0.2, 0.25) is 0 Å². The van der Waals surface area contributed by atoms with E-state index in [9.17, 15) is 9.18 Å². The number of imidazole rings is 1. The molecule has 2 aliphatic rings. The molecular formula is C28H24F3N7O2S. The molecule has 5 aromatic rings. The second kappa shape index (κ2) is 10.3. The molecule has 5 heterocycles. The third-order valence-electron chi connectivity index (χ3n) is 7.45. The molecule has 0 bridgehead atoms. The highest BCUT2D eigenvalue weighted by Gasteiger charge is 2.34. The van der Waals surface area contributed by atoms with Gasteiger partial charge in [-0.05, 0) is 35.4 Å². The highest BCUT2D eigenvalue weighted by atomic mass is 32.1. The number of fused-ring (bicyclic) bond motifs is 2. The highest BCUT2D eigenvalue weighted by molar-refractivity contribution is 7.13. The van der Waals surface area contributed by atoms with Crippen LogP contribution >= 0.6 is 11.3 Å². The van der Waals surface area contributed by atoms with Crippen molar-refractivity contribution in [1.29, 1.82) is 0 Å². The molecule has 0 spiro atoms. The number of hydrogen-bond donors (Lipinski definition) is 1. The Balaban J connectivity index is 1.26. The lowest BCUT2D eigenvalue weighted by Gasteiger charge is -2.29. The SMILES string of the molecule is O=C(Nc1nccs1)C(c1ncn2c1C[C@@H](F)C2)n1cc2c(F)cc(-c3ccc(N4CCOCC4)c(F)c3)cc2n1. The number of ether oxygens (including phenoxy) is 1. The average Bonchev–Trinajstić information content (AvgIpc) is 3.76. The van der Waals surface area contributed by atoms with Gasteiger partial charge in [0.25, 0.3) is 5.91 Å². The number of morpholine rings is 1. The Hall–Kier alpha value is -4.23. The van der Waals surface area contributed by atoms with Gasteiger partial charge >= 0.3 is 0 Å². The fraction of sp³-hybridized carbons (Fsp3) is 0.286. The van der Waals surface area contributed by atoms with Crippen LogP contribution in [0.1, 0.15) is 17.4 Å². The van der Waals surface area contributed by atoms with Crippen molar-refractivity contribution in [3.63, 3.8) is 0 Å². The molecule has 210 valence electrons. The van der Waals surface area contributed by atoms with E-state index in [0.717, 1.165) is 0 Å². The van der Waals surface area contributed by atoms with E-state index in [2.05, 4.69) is 20.4 Å². The van der Waals surface area contributed by atoms with E-state index in [4.69, 9.17) is 4.74 Å². The van der Waals surface area contributed by atoms with E-state index in [1.165, 1.54) is 40.7 Å². The van der Waals surface area contributed by atoms with Crippen molar-refractivity contribution in [1.82, 2.24) is 24.3 Å². The third-order valence-corrected chi connectivity index (χ3v) is 8.14. The van der Waals surface area contributed by atoms with Crippen molar-refractivity contribution in [3.8, 4) is 11.1 Å². The Bertz CT molecular complexity index is 1750. The molecule has 1 amide bonds. The van der Waals surface area contributed by atoms with Crippen molar-refractivity contribution in [2.75, 3.05) is 36.5 Å². The van der Waals surface area contributed by atoms with Crippen molar-refractivity contribution in [3.05, 3.63) is 77.5 Å². The van der Waals surface area contributed by atoms with Gasteiger partial charge in [0, 0.05) is 43.0 Å². The van der Waals surface area contributed by atoms with Gasteiger partial charge in [-0.2, -0.15) is 5.10 Å². The Morgan fingerprint density at radius 2 is 1.93 bits per heavy atom. The summed E-state index contributed by atoms with van der Waals surface area (Å²) < 4.78 is 53.2. The Morgan fingerprint density at radius 3 is 2.71 bits per heavy atom. The molecule has 2 atom stereocenters. The van der Waals surface area contributed by atoms with Gasteiger partial charge in [0.1, 0.15) is 17.8 Å². The molecule has 0 radical (unpaired) electrons. The first-order chi connectivity index (χ1) is 19.9. The predicted molar refractivity (Wildman–Crippen MR) is 148 cm³/mol. The smallest absolute Gasteiger partial charge is 0.257 e. The van der Waals surface area contributed by atoms with E-state index in [-0.39, 0.29) is 23.9 Å². The molecule has 0 saturated carbocycles. The van der Waals surface area contributed by atoms with Crippen LogP contribution < -0.4 is 10.2 Å². The summed E-state index contributed by atoms with van der Waals surface area (Å²) in [4.78, 5) is 24.0. The minimum atomic E-state index is -1.10. The molecule has 2 aromatic carbocycles. The highest BCUT2D eigenvalue weighted by Crippen LogP contribution is 2.33. The summed E-state index contributed by atoms with van der Waals surface area (Å²) in [5.74, 6) is -1.47. The molecule has 0 aliphatic carbocycles. The van der Waals surface area contributed by atoms with E-state index in [1.54, 1.807) is 34.3 Å². The van der Waals surface area contributed by atoms with Crippen molar-refractivity contribution < 1.29 is 22.7 Å². The first kappa shape index (κ1) is 25.7. The number of thiazole rings is 1. The van der Waals surface area contributed by atoms with Crippen LogP contribution in [0.4, 0.5) is 24.0 Å². The van der Waals surface area contributed by atoms with Gasteiger partial charge in [0.2, 0.25) is 0 Å². The maximum Gasteiger partial charge on any atom is 0.257 e. The summed E-state index contributed by atoms with van der Waals surface area (Å²) in [6, 6.07) is 6.70. The molecule has 1 saturated heterocycles. The lowest BCUT2D eigenvalue weighted by molar-refractivity contribution is -0.118. The van der Waals surface area contributed by atoms with E-state index in [1.807, 2.05) is 4.90 Å². The average molecular weight is 580 g/mol. The number of aromatic nitrogens is 5. The maximum atomic E-state index is 15.5. The van der Waals surface area contributed by atoms with Gasteiger partial charge in [-0.25, -0.2) is 23.1 Å². The number of hydrogen-bond acceptors (Lipinski definition) is 7. The Morgan fingerprint density at radius 1 is 1.10 bits per heavy atom. The van der Waals surface area contributed by atoms with Gasteiger partial charge < -0.3 is 14.2 Å². The van der Waals surface area contributed by atoms with Crippen LogP contribution in [0.15, 0.2) is 54.4 Å². The van der Waals surface area contributed by atoms with E-state index < -0.39 is 29.8 Å². The summed E-state index contributed by atoms with van der Waals surface area (Å²) in [7, 11) is 0. The fourth-order valence-corrected chi connectivity index (χ4v) is 6.02. The standard InChI is InChI=1S/C28H24F3N7O2S/c29-18-12-24-25(33-15-37(24)13-18)26(27(39)34-28-32-3-8-41-28)38-14-19-20(30)10-17(11-22(19)35-38)16-1-2-23(21(31)9-16)36-4-6-40-7-5-36/h1-3,8-11,14-15,18,26H,4-7,12-13H2,(H,32,34,39)/t18-,26?/m1/s1. The van der Waals surface area contributed by atoms with Crippen molar-refractivity contribution in [2.45, 2.75) is 25.2 Å². The molecule has 9 nitrogen and oxygen atoms in total. The summed E-state index contributed by atoms with van der Waals surface area (Å²) in [6.07, 6.45) is 3.54. The summed E-state index contributed by atoms with van der Waals surface area (Å²) in [5.41, 5.74) is 2.62. The quantitative estimate of drug-likeness (QED) is 0.317. The molecule has 3 aromatic heterocycles. The van der Waals surface area contributed by atoms with Crippen molar-refractivity contribution >= 4 is 39.0 Å². The maximum absolute atomic E-state index is 15.5. The van der Waals surface area contributed by atoms with Gasteiger partial charge in [-0.15, -0.1) is 11.3 Å². The van der Waals surface area contributed by atoms with Crippen LogP contribution in [0.3, 0.4) is 0 Å². The number of amides is 1. The zero-order valence-electron chi connectivity index (χ0n) is 21.6. The monoisotopic (exact) mass is 579 g/mol. The van der Waals surface area contributed by atoms with Gasteiger partial charge in [0.05, 0.1) is 48.4 Å². The number of carbonyl (C=O) groups is 1. The zero-order chi connectivity index (χ0) is 28.1. The van der Waals surface area contributed by atoms with Crippen LogP contribution in [0, 0.1) is 11.6 Å². The van der Waals surface area contributed by atoms with E-state index in [0.29, 0.717) is 59.6 Å². The minimum absolute atomic E-state index is 0.113. The van der Waals surface area contributed by atoms with Crippen LogP contribution in [0.5, 0.6) is 0 Å². The van der Waals surface area contributed by atoms with E-state index >= 15 is 8.78 Å². The van der Waals surface area contributed by atoms with Crippen LogP contribution in [0.25, 0.3) is 22.0 Å². The summed E-state index contributed by atoms with van der Waals surface area (Å²) in [5, 5.41) is 9.62. The van der Waals surface area contributed by atoms with Crippen LogP contribution in [-0.4, -0.2) is 62.7 Å². The lowest BCUT2D eigenvalue weighted by Crippen LogP contribution is -2.36. The molecule has 13 heteroatoms. The molecule has 1 N–H and O–H groups in total. The Labute approximate surface area is 236 Å². The molecule has 2 aliphatic heterocycles. The van der Waals surface area contributed by atoms with Crippen LogP contribution in [-0.2, 0) is 22.5 Å². The number of nitrogens with one attached hydrogen (secondary N) is 1. The largest absolute Gasteiger partial charge is 0.378 e. The minimum Gasteiger partial charge on any atom is -0.378 e. The topological polar surface area (TPSA) is 90.1 Å². The van der Waals surface area contributed by atoms with Gasteiger partial charge in [-0.1, -0.05) is 6.07 Å². The fourth-order valence-electron chi connectivity index (χ4n) is 5.49.